The van der Waals surface area contributed by atoms with Gasteiger partial charge in [0.25, 0.3) is 5.91 Å². The van der Waals surface area contributed by atoms with Crippen LogP contribution in [0.15, 0.2) is 24.3 Å². The van der Waals surface area contributed by atoms with Crippen molar-refractivity contribution in [3.05, 3.63) is 35.6 Å². The molecule has 1 fully saturated rings. The van der Waals surface area contributed by atoms with Gasteiger partial charge in [0.15, 0.2) is 5.79 Å². The number of hydrogen-bond acceptors (Lipinski definition) is 2. The van der Waals surface area contributed by atoms with Crippen LogP contribution in [0.3, 0.4) is 0 Å². The SMILES string of the molecule is CC1CC(N)(F)CCN1C(=O)c1ccc(F)cc1. The highest BCUT2D eigenvalue weighted by Gasteiger charge is 2.37. The quantitative estimate of drug-likeness (QED) is 0.780. The van der Waals surface area contributed by atoms with E-state index in [1.165, 1.54) is 24.3 Å². The Morgan fingerprint density at radius 2 is 2.06 bits per heavy atom. The summed E-state index contributed by atoms with van der Waals surface area (Å²) in [7, 11) is 0. The van der Waals surface area contributed by atoms with E-state index in [1.807, 2.05) is 0 Å². The maximum atomic E-state index is 13.6. The van der Waals surface area contributed by atoms with Crippen molar-refractivity contribution < 1.29 is 13.6 Å². The third-order valence-electron chi connectivity index (χ3n) is 3.29. The smallest absolute Gasteiger partial charge is 0.254 e. The summed E-state index contributed by atoms with van der Waals surface area (Å²) in [4.78, 5) is 13.8. The normalized spacial score (nSPS) is 28.2. The molecule has 1 saturated heterocycles. The van der Waals surface area contributed by atoms with E-state index in [0.29, 0.717) is 5.56 Å². The van der Waals surface area contributed by atoms with Crippen LogP contribution in [-0.2, 0) is 0 Å². The van der Waals surface area contributed by atoms with Crippen molar-refractivity contribution in [2.75, 3.05) is 6.54 Å². The standard InChI is InChI=1S/C13H16F2N2O/c1-9-8-13(15,16)6-7-17(9)12(18)10-2-4-11(14)5-3-10/h2-5,9H,6-8,16H2,1H3. The first kappa shape index (κ1) is 13.0. The van der Waals surface area contributed by atoms with Crippen molar-refractivity contribution in [1.82, 2.24) is 4.90 Å². The Hall–Kier alpha value is -1.49. The van der Waals surface area contributed by atoms with Gasteiger partial charge in [-0.15, -0.1) is 0 Å². The average Bonchev–Trinajstić information content (AvgIpc) is 2.28. The van der Waals surface area contributed by atoms with E-state index in [0.717, 1.165) is 0 Å². The van der Waals surface area contributed by atoms with Gasteiger partial charge in [-0.25, -0.2) is 8.78 Å². The molecule has 1 aliphatic rings. The van der Waals surface area contributed by atoms with Gasteiger partial charge in [0, 0.05) is 31.0 Å². The first-order valence-corrected chi connectivity index (χ1v) is 5.93. The van der Waals surface area contributed by atoms with Crippen LogP contribution in [0.5, 0.6) is 0 Å². The van der Waals surface area contributed by atoms with Crippen molar-refractivity contribution >= 4 is 5.91 Å². The van der Waals surface area contributed by atoms with E-state index >= 15 is 0 Å². The van der Waals surface area contributed by atoms with Crippen LogP contribution in [0.2, 0.25) is 0 Å². The zero-order chi connectivity index (χ0) is 13.3. The van der Waals surface area contributed by atoms with Gasteiger partial charge in [-0.2, -0.15) is 0 Å². The average molecular weight is 254 g/mol. The number of nitrogens with two attached hydrogens (primary N) is 1. The van der Waals surface area contributed by atoms with Gasteiger partial charge in [-0.3, -0.25) is 10.5 Å². The van der Waals surface area contributed by atoms with Crippen LogP contribution in [0.4, 0.5) is 8.78 Å². The molecule has 0 aliphatic carbocycles. The zero-order valence-electron chi connectivity index (χ0n) is 10.2. The van der Waals surface area contributed by atoms with Gasteiger partial charge in [0.05, 0.1) is 0 Å². The van der Waals surface area contributed by atoms with Crippen molar-refractivity contribution in [3.63, 3.8) is 0 Å². The summed E-state index contributed by atoms with van der Waals surface area (Å²) in [5.74, 6) is -2.29. The van der Waals surface area contributed by atoms with Crippen molar-refractivity contribution in [2.45, 2.75) is 31.6 Å². The number of benzene rings is 1. The number of likely N-dealkylation sites (tertiary alicyclic amines) is 1. The highest BCUT2D eigenvalue weighted by molar-refractivity contribution is 5.94. The number of alkyl halides is 1. The molecule has 98 valence electrons. The number of rotatable bonds is 1. The molecule has 0 spiro atoms. The number of nitrogens with zero attached hydrogens (tertiary/aromatic N) is 1. The maximum Gasteiger partial charge on any atom is 0.254 e. The minimum Gasteiger partial charge on any atom is -0.336 e. The number of hydrogen-bond donors (Lipinski definition) is 1. The monoisotopic (exact) mass is 254 g/mol. The number of piperidine rings is 1. The van der Waals surface area contributed by atoms with E-state index in [-0.39, 0.29) is 37.2 Å². The van der Waals surface area contributed by atoms with Crippen molar-refractivity contribution in [3.8, 4) is 0 Å². The van der Waals surface area contributed by atoms with Crippen molar-refractivity contribution in [1.29, 1.82) is 0 Å². The number of halogens is 2. The fourth-order valence-corrected chi connectivity index (χ4v) is 2.29. The molecule has 2 unspecified atom stereocenters. The van der Waals surface area contributed by atoms with Gasteiger partial charge < -0.3 is 4.90 Å². The minimum atomic E-state index is -1.70. The molecule has 1 amide bonds. The lowest BCUT2D eigenvalue weighted by atomic mass is 9.96. The second kappa shape index (κ2) is 4.65. The molecule has 0 radical (unpaired) electrons. The third-order valence-corrected chi connectivity index (χ3v) is 3.29. The lowest BCUT2D eigenvalue weighted by Gasteiger charge is -2.39. The zero-order valence-corrected chi connectivity index (χ0v) is 10.2. The van der Waals surface area contributed by atoms with Gasteiger partial charge in [-0.05, 0) is 31.2 Å². The predicted molar refractivity (Wildman–Crippen MR) is 64.2 cm³/mol. The third kappa shape index (κ3) is 2.67. The van der Waals surface area contributed by atoms with E-state index in [9.17, 15) is 13.6 Å². The molecule has 1 aliphatic heterocycles. The topological polar surface area (TPSA) is 46.3 Å². The highest BCUT2D eigenvalue weighted by Crippen LogP contribution is 2.27. The first-order chi connectivity index (χ1) is 8.39. The van der Waals surface area contributed by atoms with Crippen LogP contribution < -0.4 is 5.73 Å². The maximum absolute atomic E-state index is 13.6. The van der Waals surface area contributed by atoms with Gasteiger partial charge in [-0.1, -0.05) is 0 Å². The summed E-state index contributed by atoms with van der Waals surface area (Å²) in [6, 6.07) is 5.09. The minimum absolute atomic E-state index is 0.125. The largest absolute Gasteiger partial charge is 0.336 e. The Morgan fingerprint density at radius 3 is 2.61 bits per heavy atom. The Balaban J connectivity index is 2.12. The Bertz CT molecular complexity index is 445. The number of amides is 1. The lowest BCUT2D eigenvalue weighted by molar-refractivity contribution is 0.0247. The van der Waals surface area contributed by atoms with Crippen molar-refractivity contribution in [2.24, 2.45) is 5.73 Å². The molecule has 0 bridgehead atoms. The molecule has 2 rings (SSSR count). The van der Waals surface area contributed by atoms with Crippen LogP contribution in [0.25, 0.3) is 0 Å². The molecular formula is C13H16F2N2O. The van der Waals surface area contributed by atoms with Crippen LogP contribution in [0, 0.1) is 5.82 Å². The lowest BCUT2D eigenvalue weighted by Crippen LogP contribution is -2.53. The molecule has 3 nitrogen and oxygen atoms in total. The molecule has 1 heterocycles. The Kier molecular flexibility index (Phi) is 3.34. The fourth-order valence-electron chi connectivity index (χ4n) is 2.29. The summed E-state index contributed by atoms with van der Waals surface area (Å²) in [5, 5.41) is 0. The van der Waals surface area contributed by atoms with E-state index in [2.05, 4.69) is 0 Å². The summed E-state index contributed by atoms with van der Waals surface area (Å²) >= 11 is 0. The second-order valence-corrected chi connectivity index (χ2v) is 4.84. The summed E-state index contributed by atoms with van der Waals surface area (Å²) in [6.45, 7) is 2.05. The summed E-state index contributed by atoms with van der Waals surface area (Å²) < 4.78 is 26.4. The molecule has 0 saturated carbocycles. The molecule has 1 aromatic carbocycles. The first-order valence-electron chi connectivity index (χ1n) is 5.93. The van der Waals surface area contributed by atoms with Gasteiger partial charge in [0.1, 0.15) is 5.82 Å². The second-order valence-electron chi connectivity index (χ2n) is 4.84. The molecule has 2 atom stereocenters. The summed E-state index contributed by atoms with van der Waals surface area (Å²) in [5.41, 5.74) is 5.84. The molecule has 2 N–H and O–H groups in total. The molecule has 18 heavy (non-hydrogen) atoms. The highest BCUT2D eigenvalue weighted by atomic mass is 19.1. The van der Waals surface area contributed by atoms with Crippen LogP contribution in [0.1, 0.15) is 30.1 Å². The molecule has 5 heteroatoms. The number of carbonyl (C=O) groups is 1. The number of carbonyl (C=O) groups excluding carboxylic acids is 1. The molecular weight excluding hydrogens is 238 g/mol. The Morgan fingerprint density at radius 1 is 1.44 bits per heavy atom. The van der Waals surface area contributed by atoms with E-state index in [4.69, 9.17) is 5.73 Å². The van der Waals surface area contributed by atoms with Crippen LogP contribution >= 0.6 is 0 Å². The van der Waals surface area contributed by atoms with E-state index in [1.54, 1.807) is 11.8 Å². The Labute approximate surface area is 105 Å². The van der Waals surface area contributed by atoms with Crippen LogP contribution in [-0.4, -0.2) is 29.2 Å². The molecule has 1 aromatic rings. The predicted octanol–water partition coefficient (Wildman–Crippen LogP) is 2.07. The van der Waals surface area contributed by atoms with Gasteiger partial charge in [0.2, 0.25) is 0 Å². The van der Waals surface area contributed by atoms with E-state index < -0.39 is 5.79 Å². The van der Waals surface area contributed by atoms with Gasteiger partial charge >= 0.3 is 0 Å². The fraction of sp³-hybridized carbons (Fsp3) is 0.462. The molecule has 0 aromatic heterocycles. The summed E-state index contributed by atoms with van der Waals surface area (Å²) in [6.07, 6.45) is 0.254.